The molecule has 1 atom stereocenters. The van der Waals surface area contributed by atoms with Crippen molar-refractivity contribution in [2.24, 2.45) is 7.05 Å². The van der Waals surface area contributed by atoms with E-state index in [1.807, 2.05) is 13.8 Å². The van der Waals surface area contributed by atoms with E-state index in [2.05, 4.69) is 10.2 Å². The van der Waals surface area contributed by atoms with Crippen molar-refractivity contribution in [3.63, 3.8) is 0 Å². The first-order valence-corrected chi connectivity index (χ1v) is 5.60. The van der Waals surface area contributed by atoms with Gasteiger partial charge in [-0.3, -0.25) is 0 Å². The van der Waals surface area contributed by atoms with E-state index in [0.717, 1.165) is 6.42 Å². The van der Waals surface area contributed by atoms with E-state index in [0.29, 0.717) is 5.82 Å². The lowest BCUT2D eigenvalue weighted by Crippen LogP contribution is -2.07. The molecule has 0 N–H and O–H groups in total. The van der Waals surface area contributed by atoms with Gasteiger partial charge < -0.3 is 4.57 Å². The SMILES string of the molecule is CCC(C)c1nnc(S(=O)(=O)F)n1C. The summed E-state index contributed by atoms with van der Waals surface area (Å²) in [5.41, 5.74) is 0. The van der Waals surface area contributed by atoms with E-state index in [9.17, 15) is 12.3 Å². The van der Waals surface area contributed by atoms with Gasteiger partial charge in [-0.25, -0.2) is 0 Å². The maximum atomic E-state index is 12.6. The summed E-state index contributed by atoms with van der Waals surface area (Å²) in [7, 11) is -3.33. The first-order chi connectivity index (χ1) is 6.38. The zero-order valence-corrected chi connectivity index (χ0v) is 9.05. The van der Waals surface area contributed by atoms with Crippen molar-refractivity contribution in [2.75, 3.05) is 0 Å². The van der Waals surface area contributed by atoms with Gasteiger partial charge in [0.1, 0.15) is 5.82 Å². The van der Waals surface area contributed by atoms with Crippen molar-refractivity contribution in [3.8, 4) is 0 Å². The highest BCUT2D eigenvalue weighted by Crippen LogP contribution is 2.18. The second kappa shape index (κ2) is 3.64. The van der Waals surface area contributed by atoms with Crippen LogP contribution >= 0.6 is 0 Å². The molecule has 1 aromatic heterocycles. The molecule has 1 aromatic rings. The van der Waals surface area contributed by atoms with Crippen LogP contribution in [0, 0.1) is 0 Å². The minimum atomic E-state index is -4.77. The molecule has 1 unspecified atom stereocenters. The first kappa shape index (κ1) is 11.1. The molecule has 14 heavy (non-hydrogen) atoms. The van der Waals surface area contributed by atoms with Crippen molar-refractivity contribution >= 4 is 10.2 Å². The lowest BCUT2D eigenvalue weighted by atomic mass is 10.1. The van der Waals surface area contributed by atoms with Gasteiger partial charge in [0, 0.05) is 13.0 Å². The molecule has 7 heteroatoms. The monoisotopic (exact) mass is 221 g/mol. The Labute approximate surface area is 82.2 Å². The normalized spacial score (nSPS) is 14.3. The summed E-state index contributed by atoms with van der Waals surface area (Å²) in [4.78, 5) is 0. The maximum Gasteiger partial charge on any atom is 0.368 e. The number of halogens is 1. The lowest BCUT2D eigenvalue weighted by molar-refractivity contribution is 0.529. The van der Waals surface area contributed by atoms with Crippen molar-refractivity contribution in [1.82, 2.24) is 14.8 Å². The number of nitrogens with zero attached hydrogens (tertiary/aromatic N) is 3. The third-order valence-corrected chi connectivity index (χ3v) is 2.93. The molecule has 5 nitrogen and oxygen atoms in total. The molecule has 1 rings (SSSR count). The van der Waals surface area contributed by atoms with Crippen LogP contribution in [-0.2, 0) is 17.3 Å². The number of hydrogen-bond donors (Lipinski definition) is 0. The Bertz CT molecular complexity index is 426. The van der Waals surface area contributed by atoms with Crippen LogP contribution in [0.25, 0.3) is 0 Å². The average molecular weight is 221 g/mol. The van der Waals surface area contributed by atoms with Gasteiger partial charge >= 0.3 is 10.2 Å². The molecule has 0 saturated heterocycles. The van der Waals surface area contributed by atoms with Crippen molar-refractivity contribution < 1.29 is 12.3 Å². The van der Waals surface area contributed by atoms with Crippen molar-refractivity contribution in [3.05, 3.63) is 5.82 Å². The van der Waals surface area contributed by atoms with Gasteiger partial charge in [-0.05, 0) is 6.42 Å². The van der Waals surface area contributed by atoms with Crippen LogP contribution in [-0.4, -0.2) is 23.2 Å². The minimum Gasteiger partial charge on any atom is -0.303 e. The summed E-state index contributed by atoms with van der Waals surface area (Å²) < 4.78 is 35.0. The molecule has 80 valence electrons. The number of rotatable bonds is 3. The van der Waals surface area contributed by atoms with Gasteiger partial charge in [-0.1, -0.05) is 17.7 Å². The van der Waals surface area contributed by atoms with E-state index in [1.54, 1.807) is 0 Å². The molecule has 0 saturated carbocycles. The van der Waals surface area contributed by atoms with Crippen LogP contribution in [0.1, 0.15) is 32.0 Å². The quantitative estimate of drug-likeness (QED) is 0.714. The third-order valence-electron chi connectivity index (χ3n) is 2.14. The smallest absolute Gasteiger partial charge is 0.303 e. The molecular formula is C7H12FN3O2S. The molecular weight excluding hydrogens is 209 g/mol. The van der Waals surface area contributed by atoms with Gasteiger partial charge in [0.15, 0.2) is 0 Å². The number of aromatic nitrogens is 3. The van der Waals surface area contributed by atoms with E-state index in [-0.39, 0.29) is 5.92 Å². The lowest BCUT2D eigenvalue weighted by Gasteiger charge is -2.06. The van der Waals surface area contributed by atoms with E-state index < -0.39 is 15.4 Å². The summed E-state index contributed by atoms with van der Waals surface area (Å²) in [6.45, 7) is 3.81. The molecule has 0 aliphatic heterocycles. The Morgan fingerprint density at radius 3 is 2.43 bits per heavy atom. The fraction of sp³-hybridized carbons (Fsp3) is 0.714. The van der Waals surface area contributed by atoms with Crippen LogP contribution in [0.5, 0.6) is 0 Å². The average Bonchev–Trinajstić information content (AvgIpc) is 2.45. The van der Waals surface area contributed by atoms with Crippen LogP contribution in [0.3, 0.4) is 0 Å². The van der Waals surface area contributed by atoms with Crippen molar-refractivity contribution in [1.29, 1.82) is 0 Å². The summed E-state index contributed by atoms with van der Waals surface area (Å²) in [5.74, 6) is 0.534. The summed E-state index contributed by atoms with van der Waals surface area (Å²) >= 11 is 0. The Kier molecular flexibility index (Phi) is 2.89. The maximum absolute atomic E-state index is 12.6. The van der Waals surface area contributed by atoms with Gasteiger partial charge in [0.05, 0.1) is 0 Å². The second-order valence-corrected chi connectivity index (χ2v) is 4.39. The summed E-state index contributed by atoms with van der Waals surface area (Å²) in [6, 6.07) is 0. The standard InChI is InChI=1S/C7H12FN3O2S/c1-4-5(2)6-9-10-7(11(6)3)14(8,12)13/h5H,4H2,1-3H3. The largest absolute Gasteiger partial charge is 0.368 e. The van der Waals surface area contributed by atoms with Gasteiger partial charge in [0.25, 0.3) is 5.16 Å². The van der Waals surface area contributed by atoms with Crippen LogP contribution in [0.4, 0.5) is 3.89 Å². The Morgan fingerprint density at radius 2 is 2.07 bits per heavy atom. The highest BCUT2D eigenvalue weighted by atomic mass is 32.3. The highest BCUT2D eigenvalue weighted by Gasteiger charge is 2.23. The van der Waals surface area contributed by atoms with E-state index in [4.69, 9.17) is 0 Å². The summed E-state index contributed by atoms with van der Waals surface area (Å²) in [6.07, 6.45) is 0.790. The molecule has 0 radical (unpaired) electrons. The fourth-order valence-electron chi connectivity index (χ4n) is 1.15. The van der Waals surface area contributed by atoms with Gasteiger partial charge in [0.2, 0.25) is 0 Å². The molecule has 0 aliphatic rings. The molecule has 0 aliphatic carbocycles. The molecule has 1 heterocycles. The number of hydrogen-bond acceptors (Lipinski definition) is 4. The van der Waals surface area contributed by atoms with E-state index in [1.165, 1.54) is 11.6 Å². The van der Waals surface area contributed by atoms with Gasteiger partial charge in [-0.2, -0.15) is 8.42 Å². The Morgan fingerprint density at radius 1 is 1.50 bits per heavy atom. The Balaban J connectivity index is 3.22. The molecule has 0 spiro atoms. The van der Waals surface area contributed by atoms with Crippen LogP contribution < -0.4 is 0 Å². The zero-order chi connectivity index (χ0) is 10.9. The molecule has 0 fully saturated rings. The predicted molar refractivity (Wildman–Crippen MR) is 48.0 cm³/mol. The molecule has 0 amide bonds. The van der Waals surface area contributed by atoms with E-state index >= 15 is 0 Å². The molecule has 0 aromatic carbocycles. The molecule has 0 bridgehead atoms. The fourth-order valence-corrected chi connectivity index (χ4v) is 1.71. The van der Waals surface area contributed by atoms with Gasteiger partial charge in [-0.15, -0.1) is 10.2 Å². The van der Waals surface area contributed by atoms with Crippen molar-refractivity contribution in [2.45, 2.75) is 31.3 Å². The first-order valence-electron chi connectivity index (χ1n) is 4.21. The minimum absolute atomic E-state index is 0.0583. The zero-order valence-electron chi connectivity index (χ0n) is 8.23. The highest BCUT2D eigenvalue weighted by molar-refractivity contribution is 7.86. The van der Waals surface area contributed by atoms with Crippen LogP contribution in [0.15, 0.2) is 5.16 Å². The summed E-state index contributed by atoms with van der Waals surface area (Å²) in [5, 5.41) is 6.32. The predicted octanol–water partition coefficient (Wildman–Crippen LogP) is 0.987. The topological polar surface area (TPSA) is 64.8 Å². The second-order valence-electron chi connectivity index (χ2n) is 3.15. The van der Waals surface area contributed by atoms with Crippen LogP contribution in [0.2, 0.25) is 0 Å². The Hall–Kier alpha value is -0.980. The third kappa shape index (κ3) is 1.92.